The van der Waals surface area contributed by atoms with Crippen LogP contribution in [0.2, 0.25) is 0 Å². The number of halogens is 1. The second-order valence-electron chi connectivity index (χ2n) is 7.80. The van der Waals surface area contributed by atoms with Crippen LogP contribution in [-0.2, 0) is 22.7 Å². The molecule has 0 N–H and O–H groups in total. The topological polar surface area (TPSA) is 88.9 Å². The molecule has 0 radical (unpaired) electrons. The molecule has 1 saturated heterocycles. The average molecular weight is 442 g/mol. The summed E-state index contributed by atoms with van der Waals surface area (Å²) in [5.41, 5.74) is 2.61. The van der Waals surface area contributed by atoms with Gasteiger partial charge in [-0.1, -0.05) is 19.1 Å². The highest BCUT2D eigenvalue weighted by molar-refractivity contribution is 7.91. The Morgan fingerprint density at radius 3 is 2.48 bits per heavy atom. The van der Waals surface area contributed by atoms with Crippen LogP contribution in [0.15, 0.2) is 48.9 Å². The monoisotopic (exact) mass is 441 g/mol. The molecule has 3 aromatic rings. The largest absolute Gasteiger partial charge is 0.354 e. The smallest absolute Gasteiger partial charge is 0.153 e. The standard InChI is InChI=1S/C22H24FN5O2S/c1-16(17-2-4-18(23)5-3-17)12-21-26-19(13-20-15-24-6-7-25-20)14-22(27-21)28-8-10-31(29,30)11-9-28/h2-7,14-16H,8-13H2,1H3/t16-/m1/s1. The second kappa shape index (κ2) is 9.05. The number of rotatable bonds is 6. The van der Waals surface area contributed by atoms with Gasteiger partial charge < -0.3 is 4.90 Å². The third kappa shape index (κ3) is 5.61. The van der Waals surface area contributed by atoms with E-state index in [1.54, 1.807) is 30.7 Å². The van der Waals surface area contributed by atoms with E-state index in [0.717, 1.165) is 22.8 Å². The van der Waals surface area contributed by atoms with Gasteiger partial charge in [0.05, 0.1) is 22.9 Å². The van der Waals surface area contributed by atoms with Crippen molar-refractivity contribution >= 4 is 15.7 Å². The molecule has 1 aromatic carbocycles. The Kier molecular flexibility index (Phi) is 6.22. The van der Waals surface area contributed by atoms with Crippen LogP contribution in [0.4, 0.5) is 10.2 Å². The van der Waals surface area contributed by atoms with Crippen molar-refractivity contribution in [3.8, 4) is 0 Å². The summed E-state index contributed by atoms with van der Waals surface area (Å²) in [4.78, 5) is 19.9. The molecule has 31 heavy (non-hydrogen) atoms. The van der Waals surface area contributed by atoms with Gasteiger partial charge in [0.15, 0.2) is 9.84 Å². The highest BCUT2D eigenvalue weighted by Crippen LogP contribution is 2.23. The summed E-state index contributed by atoms with van der Waals surface area (Å²) in [5.74, 6) is 1.48. The molecule has 1 atom stereocenters. The Morgan fingerprint density at radius 1 is 1.06 bits per heavy atom. The van der Waals surface area contributed by atoms with Gasteiger partial charge >= 0.3 is 0 Å². The first-order valence-electron chi connectivity index (χ1n) is 10.2. The Balaban J connectivity index is 1.61. The summed E-state index contributed by atoms with van der Waals surface area (Å²) in [7, 11) is -2.98. The Labute approximate surface area is 181 Å². The van der Waals surface area contributed by atoms with Gasteiger partial charge in [-0.05, 0) is 23.6 Å². The number of sulfone groups is 1. The maximum absolute atomic E-state index is 13.3. The molecule has 2 aromatic heterocycles. The van der Waals surface area contributed by atoms with E-state index in [1.165, 1.54) is 12.1 Å². The number of nitrogens with zero attached hydrogens (tertiary/aromatic N) is 5. The fourth-order valence-corrected chi connectivity index (χ4v) is 4.81. The van der Waals surface area contributed by atoms with Gasteiger partial charge in [0.25, 0.3) is 0 Å². The van der Waals surface area contributed by atoms with E-state index in [4.69, 9.17) is 9.97 Å². The summed E-state index contributed by atoms with van der Waals surface area (Å²) >= 11 is 0. The summed E-state index contributed by atoms with van der Waals surface area (Å²) in [6.45, 7) is 2.88. The third-order valence-electron chi connectivity index (χ3n) is 5.39. The summed E-state index contributed by atoms with van der Waals surface area (Å²) in [6, 6.07) is 8.37. The first kappa shape index (κ1) is 21.3. The van der Waals surface area contributed by atoms with Gasteiger partial charge in [-0.25, -0.2) is 22.8 Å². The second-order valence-corrected chi connectivity index (χ2v) is 10.1. The predicted molar refractivity (Wildman–Crippen MR) is 116 cm³/mol. The van der Waals surface area contributed by atoms with Crippen LogP contribution < -0.4 is 4.90 Å². The van der Waals surface area contributed by atoms with E-state index in [2.05, 4.69) is 16.9 Å². The minimum absolute atomic E-state index is 0.0990. The van der Waals surface area contributed by atoms with Gasteiger partial charge in [0.2, 0.25) is 0 Å². The quantitative estimate of drug-likeness (QED) is 0.581. The van der Waals surface area contributed by atoms with Crippen molar-refractivity contribution < 1.29 is 12.8 Å². The lowest BCUT2D eigenvalue weighted by Gasteiger charge is -2.28. The molecule has 0 bridgehead atoms. The van der Waals surface area contributed by atoms with Crippen molar-refractivity contribution in [1.82, 2.24) is 19.9 Å². The maximum atomic E-state index is 13.3. The van der Waals surface area contributed by atoms with E-state index >= 15 is 0 Å². The molecule has 162 valence electrons. The van der Waals surface area contributed by atoms with Gasteiger partial charge in [0, 0.05) is 50.6 Å². The van der Waals surface area contributed by atoms with Crippen molar-refractivity contribution in [3.05, 3.63) is 77.5 Å². The summed E-state index contributed by atoms with van der Waals surface area (Å²) in [5, 5.41) is 0. The van der Waals surface area contributed by atoms with E-state index in [0.29, 0.717) is 31.8 Å². The predicted octanol–water partition coefficient (Wildman–Crippen LogP) is 2.58. The molecular weight excluding hydrogens is 417 g/mol. The molecule has 7 nitrogen and oxygen atoms in total. The summed E-state index contributed by atoms with van der Waals surface area (Å²) < 4.78 is 36.9. The van der Waals surface area contributed by atoms with Crippen molar-refractivity contribution in [3.63, 3.8) is 0 Å². The molecule has 3 heterocycles. The zero-order chi connectivity index (χ0) is 21.8. The first-order valence-corrected chi connectivity index (χ1v) is 12.0. The molecule has 0 amide bonds. The highest BCUT2D eigenvalue weighted by Gasteiger charge is 2.23. The molecule has 1 fully saturated rings. The minimum Gasteiger partial charge on any atom is -0.354 e. The third-order valence-corrected chi connectivity index (χ3v) is 7.00. The number of hydrogen-bond acceptors (Lipinski definition) is 7. The van der Waals surface area contributed by atoms with Gasteiger partial charge in [-0.15, -0.1) is 0 Å². The lowest BCUT2D eigenvalue weighted by molar-refractivity contribution is 0.586. The van der Waals surface area contributed by atoms with Crippen LogP contribution in [0, 0.1) is 5.82 Å². The van der Waals surface area contributed by atoms with Crippen LogP contribution in [0.3, 0.4) is 0 Å². The van der Waals surface area contributed by atoms with Crippen LogP contribution in [0.1, 0.15) is 35.6 Å². The van der Waals surface area contributed by atoms with E-state index < -0.39 is 9.84 Å². The molecule has 0 unspecified atom stereocenters. The van der Waals surface area contributed by atoms with Crippen LogP contribution in [0.5, 0.6) is 0 Å². The van der Waals surface area contributed by atoms with Crippen molar-refractivity contribution in [2.75, 3.05) is 29.5 Å². The summed E-state index contributed by atoms with van der Waals surface area (Å²) in [6.07, 6.45) is 6.06. The SMILES string of the molecule is C[C@H](Cc1nc(Cc2cnccn2)cc(N2CCS(=O)(=O)CC2)n1)c1ccc(F)cc1. The lowest BCUT2D eigenvalue weighted by Crippen LogP contribution is -2.40. The van der Waals surface area contributed by atoms with E-state index in [1.807, 2.05) is 11.0 Å². The molecule has 9 heteroatoms. The fraction of sp³-hybridized carbons (Fsp3) is 0.364. The van der Waals surface area contributed by atoms with E-state index in [9.17, 15) is 12.8 Å². The molecule has 1 aliphatic heterocycles. The average Bonchev–Trinajstić information content (AvgIpc) is 2.74. The van der Waals surface area contributed by atoms with Crippen molar-refractivity contribution in [1.29, 1.82) is 0 Å². The number of anilines is 1. The lowest BCUT2D eigenvalue weighted by atomic mass is 9.97. The molecule has 1 aliphatic rings. The molecular formula is C22H24FN5O2S. The van der Waals surface area contributed by atoms with Crippen LogP contribution in [0.25, 0.3) is 0 Å². The maximum Gasteiger partial charge on any atom is 0.153 e. The van der Waals surface area contributed by atoms with Crippen molar-refractivity contribution in [2.24, 2.45) is 0 Å². The molecule has 0 saturated carbocycles. The highest BCUT2D eigenvalue weighted by atomic mass is 32.2. The van der Waals surface area contributed by atoms with Crippen LogP contribution >= 0.6 is 0 Å². The Hall–Kier alpha value is -2.94. The zero-order valence-electron chi connectivity index (χ0n) is 17.3. The number of benzene rings is 1. The molecule has 0 aliphatic carbocycles. The number of aromatic nitrogens is 4. The van der Waals surface area contributed by atoms with Gasteiger partial charge in [-0.2, -0.15) is 0 Å². The molecule has 4 rings (SSSR count). The number of hydrogen-bond donors (Lipinski definition) is 0. The van der Waals surface area contributed by atoms with Crippen molar-refractivity contribution in [2.45, 2.75) is 25.7 Å². The zero-order valence-corrected chi connectivity index (χ0v) is 18.1. The molecule has 0 spiro atoms. The van der Waals surface area contributed by atoms with Gasteiger partial charge in [0.1, 0.15) is 17.5 Å². The van der Waals surface area contributed by atoms with Gasteiger partial charge in [-0.3, -0.25) is 9.97 Å². The first-order chi connectivity index (χ1) is 14.9. The minimum atomic E-state index is -2.98. The normalized spacial score (nSPS) is 16.8. The Bertz CT molecular complexity index is 1130. The van der Waals surface area contributed by atoms with E-state index in [-0.39, 0.29) is 23.2 Å². The fourth-order valence-electron chi connectivity index (χ4n) is 3.61. The Morgan fingerprint density at radius 2 is 1.81 bits per heavy atom. The van der Waals surface area contributed by atoms with Crippen LogP contribution in [-0.4, -0.2) is 52.9 Å².